The van der Waals surface area contributed by atoms with Crippen molar-refractivity contribution in [2.45, 2.75) is 0 Å². The molecule has 20 heavy (non-hydrogen) atoms. The molecular weight excluding hydrogens is 283 g/mol. The normalized spacial score (nSPS) is 10.2. The summed E-state index contributed by atoms with van der Waals surface area (Å²) in [5, 5.41) is 0.182. The van der Waals surface area contributed by atoms with Crippen LogP contribution in [0.5, 0.6) is 11.5 Å². The van der Waals surface area contributed by atoms with Gasteiger partial charge in [0.2, 0.25) is 0 Å². The van der Waals surface area contributed by atoms with Gasteiger partial charge in [0.15, 0.2) is 17.3 Å². The molecule has 0 aliphatic rings. The number of benzene rings is 2. The van der Waals surface area contributed by atoms with Gasteiger partial charge in [-0.05, 0) is 30.3 Å². The van der Waals surface area contributed by atoms with Crippen LogP contribution in [0.2, 0.25) is 5.02 Å². The van der Waals surface area contributed by atoms with E-state index in [0.717, 1.165) is 6.07 Å². The van der Waals surface area contributed by atoms with Crippen LogP contribution >= 0.6 is 11.6 Å². The summed E-state index contributed by atoms with van der Waals surface area (Å²) in [4.78, 5) is 12.5. The summed E-state index contributed by atoms with van der Waals surface area (Å²) in [6.07, 6.45) is 0. The van der Waals surface area contributed by atoms with Gasteiger partial charge >= 0.3 is 0 Å². The second-order valence-corrected chi connectivity index (χ2v) is 4.40. The SMILES string of the molecule is COc1cccc(C(=O)c2cc(F)ccc2Cl)c1OC. The van der Waals surface area contributed by atoms with Crippen molar-refractivity contribution in [3.63, 3.8) is 0 Å². The Morgan fingerprint density at radius 1 is 1.10 bits per heavy atom. The third kappa shape index (κ3) is 2.60. The minimum Gasteiger partial charge on any atom is -0.493 e. The van der Waals surface area contributed by atoms with Crippen LogP contribution in [0.4, 0.5) is 4.39 Å². The first-order valence-corrected chi connectivity index (χ1v) is 6.17. The van der Waals surface area contributed by atoms with Gasteiger partial charge in [-0.15, -0.1) is 0 Å². The molecule has 0 aromatic heterocycles. The highest BCUT2D eigenvalue weighted by Gasteiger charge is 2.20. The van der Waals surface area contributed by atoms with Crippen molar-refractivity contribution >= 4 is 17.4 Å². The fraction of sp³-hybridized carbons (Fsp3) is 0.133. The third-order valence-electron chi connectivity index (χ3n) is 2.82. The fourth-order valence-electron chi connectivity index (χ4n) is 1.88. The first-order chi connectivity index (χ1) is 9.58. The van der Waals surface area contributed by atoms with Gasteiger partial charge in [0, 0.05) is 5.56 Å². The third-order valence-corrected chi connectivity index (χ3v) is 3.15. The minimum absolute atomic E-state index is 0.0817. The van der Waals surface area contributed by atoms with E-state index in [0.29, 0.717) is 11.5 Å². The molecule has 2 aromatic carbocycles. The summed E-state index contributed by atoms with van der Waals surface area (Å²) in [5.41, 5.74) is 0.345. The van der Waals surface area contributed by atoms with Crippen molar-refractivity contribution in [1.29, 1.82) is 0 Å². The van der Waals surface area contributed by atoms with E-state index in [2.05, 4.69) is 0 Å². The molecule has 0 atom stereocenters. The lowest BCUT2D eigenvalue weighted by atomic mass is 10.0. The van der Waals surface area contributed by atoms with Crippen LogP contribution in [0.15, 0.2) is 36.4 Å². The summed E-state index contributed by atoms with van der Waals surface area (Å²) in [7, 11) is 2.91. The summed E-state index contributed by atoms with van der Waals surface area (Å²) in [6, 6.07) is 8.54. The number of ether oxygens (including phenoxy) is 2. The van der Waals surface area contributed by atoms with E-state index >= 15 is 0 Å². The van der Waals surface area contributed by atoms with Gasteiger partial charge in [-0.1, -0.05) is 17.7 Å². The highest BCUT2D eigenvalue weighted by atomic mass is 35.5. The van der Waals surface area contributed by atoms with E-state index < -0.39 is 11.6 Å². The van der Waals surface area contributed by atoms with Gasteiger partial charge in [-0.3, -0.25) is 4.79 Å². The summed E-state index contributed by atoms with van der Waals surface area (Å²) in [5.74, 6) is -0.240. The molecule has 0 spiro atoms. The maximum absolute atomic E-state index is 13.3. The van der Waals surface area contributed by atoms with Gasteiger partial charge in [0.1, 0.15) is 5.82 Å². The molecular formula is C15H12ClFO3. The predicted octanol–water partition coefficient (Wildman–Crippen LogP) is 3.73. The zero-order valence-electron chi connectivity index (χ0n) is 10.9. The second-order valence-electron chi connectivity index (χ2n) is 3.99. The zero-order valence-corrected chi connectivity index (χ0v) is 11.7. The highest BCUT2D eigenvalue weighted by Crippen LogP contribution is 2.33. The quantitative estimate of drug-likeness (QED) is 0.806. The van der Waals surface area contributed by atoms with Crippen molar-refractivity contribution in [1.82, 2.24) is 0 Å². The molecule has 0 bridgehead atoms. The molecule has 0 N–H and O–H groups in total. The van der Waals surface area contributed by atoms with Crippen LogP contribution in [0.3, 0.4) is 0 Å². The van der Waals surface area contributed by atoms with E-state index in [-0.39, 0.29) is 16.1 Å². The second kappa shape index (κ2) is 5.92. The van der Waals surface area contributed by atoms with Gasteiger partial charge in [-0.2, -0.15) is 0 Å². The average molecular weight is 295 g/mol. The largest absolute Gasteiger partial charge is 0.493 e. The van der Waals surface area contributed by atoms with Crippen LogP contribution in [-0.2, 0) is 0 Å². The van der Waals surface area contributed by atoms with Crippen molar-refractivity contribution in [2.75, 3.05) is 14.2 Å². The number of carbonyl (C=O) groups is 1. The number of halogens is 2. The van der Waals surface area contributed by atoms with Crippen molar-refractivity contribution in [2.24, 2.45) is 0 Å². The van der Waals surface area contributed by atoms with Crippen molar-refractivity contribution in [3.8, 4) is 11.5 Å². The number of ketones is 1. The molecule has 0 saturated carbocycles. The number of methoxy groups -OCH3 is 2. The van der Waals surface area contributed by atoms with Crippen LogP contribution in [0, 0.1) is 5.82 Å². The lowest BCUT2D eigenvalue weighted by Gasteiger charge is -2.12. The molecule has 2 aromatic rings. The molecule has 0 unspecified atom stereocenters. The Balaban J connectivity index is 2.56. The maximum Gasteiger partial charge on any atom is 0.198 e. The number of hydrogen-bond acceptors (Lipinski definition) is 3. The average Bonchev–Trinajstić information content (AvgIpc) is 2.48. The molecule has 0 aliphatic heterocycles. The van der Waals surface area contributed by atoms with Crippen molar-refractivity contribution < 1.29 is 18.7 Å². The molecule has 0 saturated heterocycles. The standard InChI is InChI=1S/C15H12ClFO3/c1-19-13-5-3-4-10(15(13)20-2)14(18)11-8-9(17)6-7-12(11)16/h3-8H,1-2H3. The molecule has 0 fully saturated rings. The Bertz CT molecular complexity index is 656. The molecule has 3 nitrogen and oxygen atoms in total. The Labute approximate surface area is 120 Å². The van der Waals surface area contributed by atoms with Crippen molar-refractivity contribution in [3.05, 3.63) is 58.4 Å². The van der Waals surface area contributed by atoms with Crippen LogP contribution in [0.1, 0.15) is 15.9 Å². The highest BCUT2D eigenvalue weighted by molar-refractivity contribution is 6.35. The Hall–Kier alpha value is -2.07. The molecule has 0 radical (unpaired) electrons. The minimum atomic E-state index is -0.528. The zero-order chi connectivity index (χ0) is 14.7. The first kappa shape index (κ1) is 14.3. The maximum atomic E-state index is 13.3. The lowest BCUT2D eigenvalue weighted by Crippen LogP contribution is -2.06. The lowest BCUT2D eigenvalue weighted by molar-refractivity contribution is 0.103. The van der Waals surface area contributed by atoms with E-state index in [9.17, 15) is 9.18 Å². The molecule has 5 heteroatoms. The van der Waals surface area contributed by atoms with E-state index in [4.69, 9.17) is 21.1 Å². The number of rotatable bonds is 4. The van der Waals surface area contributed by atoms with Gasteiger partial charge in [-0.25, -0.2) is 4.39 Å². The fourth-order valence-corrected chi connectivity index (χ4v) is 2.09. The molecule has 0 aliphatic carbocycles. The molecule has 0 heterocycles. The molecule has 2 rings (SSSR count). The number of carbonyl (C=O) groups excluding carboxylic acids is 1. The summed E-state index contributed by atoms with van der Waals surface area (Å²) in [6.45, 7) is 0. The molecule has 104 valence electrons. The van der Waals surface area contributed by atoms with Crippen LogP contribution in [-0.4, -0.2) is 20.0 Å². The Morgan fingerprint density at radius 3 is 2.50 bits per heavy atom. The van der Waals surface area contributed by atoms with Gasteiger partial charge < -0.3 is 9.47 Å². The summed E-state index contributed by atoms with van der Waals surface area (Å²) < 4.78 is 23.6. The van der Waals surface area contributed by atoms with Crippen LogP contribution < -0.4 is 9.47 Å². The summed E-state index contributed by atoms with van der Waals surface area (Å²) >= 11 is 5.95. The predicted molar refractivity (Wildman–Crippen MR) is 74.4 cm³/mol. The van der Waals surface area contributed by atoms with Crippen LogP contribution in [0.25, 0.3) is 0 Å². The number of para-hydroxylation sites is 1. The van der Waals surface area contributed by atoms with E-state index in [1.54, 1.807) is 18.2 Å². The van der Waals surface area contributed by atoms with E-state index in [1.165, 1.54) is 26.4 Å². The molecule has 0 amide bonds. The topological polar surface area (TPSA) is 35.5 Å². The van der Waals surface area contributed by atoms with Gasteiger partial charge in [0.05, 0.1) is 24.8 Å². The Kier molecular flexibility index (Phi) is 4.25. The monoisotopic (exact) mass is 294 g/mol. The van der Waals surface area contributed by atoms with E-state index in [1.807, 2.05) is 0 Å². The smallest absolute Gasteiger partial charge is 0.198 e. The Morgan fingerprint density at radius 2 is 1.85 bits per heavy atom. The first-order valence-electron chi connectivity index (χ1n) is 5.79. The number of hydrogen-bond donors (Lipinski definition) is 0. The van der Waals surface area contributed by atoms with Gasteiger partial charge in [0.25, 0.3) is 0 Å².